The first-order valence-corrected chi connectivity index (χ1v) is 5.01. The molecule has 0 rings (SSSR count). The Labute approximate surface area is 77.2 Å². The molecule has 0 radical (unpaired) electrons. The average Bonchev–Trinajstić information content (AvgIpc) is 1.80. The SMILES string of the molecule is CC(C)CCC(C)C(C)(C)S. The van der Waals surface area contributed by atoms with Gasteiger partial charge in [0.15, 0.2) is 0 Å². The predicted octanol–water partition coefficient (Wildman–Crippen LogP) is 3.77. The van der Waals surface area contributed by atoms with E-state index >= 15 is 0 Å². The number of rotatable bonds is 4. The van der Waals surface area contributed by atoms with Crippen molar-refractivity contribution in [3.05, 3.63) is 0 Å². The second kappa shape index (κ2) is 4.39. The number of hydrogen-bond acceptors (Lipinski definition) is 1. The summed E-state index contributed by atoms with van der Waals surface area (Å²) in [6.45, 7) is 11.2. The monoisotopic (exact) mass is 174 g/mol. The van der Waals surface area contributed by atoms with Crippen molar-refractivity contribution < 1.29 is 0 Å². The van der Waals surface area contributed by atoms with Gasteiger partial charge in [0.25, 0.3) is 0 Å². The predicted molar refractivity (Wildman–Crippen MR) is 56.3 cm³/mol. The fraction of sp³-hybridized carbons (Fsp3) is 1.00. The highest BCUT2D eigenvalue weighted by molar-refractivity contribution is 7.81. The minimum Gasteiger partial charge on any atom is -0.173 e. The average molecular weight is 174 g/mol. The Kier molecular flexibility index (Phi) is 4.53. The molecule has 0 heterocycles. The van der Waals surface area contributed by atoms with Gasteiger partial charge in [-0.3, -0.25) is 0 Å². The molecule has 0 saturated carbocycles. The van der Waals surface area contributed by atoms with Crippen molar-refractivity contribution in [2.45, 2.75) is 52.2 Å². The molecule has 11 heavy (non-hydrogen) atoms. The molecular formula is C10H22S. The molecule has 0 saturated heterocycles. The summed E-state index contributed by atoms with van der Waals surface area (Å²) in [5.74, 6) is 1.54. The van der Waals surface area contributed by atoms with Crippen LogP contribution in [-0.2, 0) is 0 Å². The van der Waals surface area contributed by atoms with E-state index in [-0.39, 0.29) is 4.75 Å². The van der Waals surface area contributed by atoms with E-state index in [1.54, 1.807) is 0 Å². The van der Waals surface area contributed by atoms with Gasteiger partial charge in [0.1, 0.15) is 0 Å². The van der Waals surface area contributed by atoms with Gasteiger partial charge >= 0.3 is 0 Å². The summed E-state index contributed by atoms with van der Waals surface area (Å²) in [4.78, 5) is 0. The zero-order valence-electron chi connectivity index (χ0n) is 8.52. The van der Waals surface area contributed by atoms with Gasteiger partial charge in [-0.2, -0.15) is 12.6 Å². The molecule has 1 unspecified atom stereocenters. The molecule has 0 N–H and O–H groups in total. The topological polar surface area (TPSA) is 0 Å². The van der Waals surface area contributed by atoms with Crippen molar-refractivity contribution in [1.82, 2.24) is 0 Å². The standard InChI is InChI=1S/C10H22S/c1-8(2)6-7-9(3)10(4,5)11/h8-9,11H,6-7H2,1-5H3. The fourth-order valence-electron chi connectivity index (χ4n) is 0.937. The van der Waals surface area contributed by atoms with Crippen LogP contribution in [0.3, 0.4) is 0 Å². The van der Waals surface area contributed by atoms with Crippen LogP contribution < -0.4 is 0 Å². The normalized spacial score (nSPS) is 15.5. The van der Waals surface area contributed by atoms with Crippen molar-refractivity contribution in [3.63, 3.8) is 0 Å². The Hall–Kier alpha value is 0.350. The van der Waals surface area contributed by atoms with Crippen LogP contribution in [0.5, 0.6) is 0 Å². The van der Waals surface area contributed by atoms with E-state index < -0.39 is 0 Å². The summed E-state index contributed by atoms with van der Waals surface area (Å²) < 4.78 is 0.189. The van der Waals surface area contributed by atoms with Crippen LogP contribution in [-0.4, -0.2) is 4.75 Å². The maximum atomic E-state index is 4.55. The Balaban J connectivity index is 3.61. The summed E-state index contributed by atoms with van der Waals surface area (Å²) in [5.41, 5.74) is 0. The third-order valence-electron chi connectivity index (χ3n) is 2.38. The van der Waals surface area contributed by atoms with Crippen LogP contribution in [0.25, 0.3) is 0 Å². The van der Waals surface area contributed by atoms with E-state index in [1.807, 2.05) is 0 Å². The van der Waals surface area contributed by atoms with Crippen LogP contribution in [0.15, 0.2) is 0 Å². The first kappa shape index (κ1) is 11.4. The largest absolute Gasteiger partial charge is 0.173 e. The molecule has 0 aliphatic rings. The van der Waals surface area contributed by atoms with Crippen molar-refractivity contribution in [2.24, 2.45) is 11.8 Å². The molecule has 0 nitrogen and oxygen atoms in total. The summed E-state index contributed by atoms with van der Waals surface area (Å²) >= 11 is 4.55. The molecule has 1 heteroatoms. The van der Waals surface area contributed by atoms with Crippen LogP contribution >= 0.6 is 12.6 Å². The van der Waals surface area contributed by atoms with Gasteiger partial charge in [-0.25, -0.2) is 0 Å². The van der Waals surface area contributed by atoms with Gasteiger partial charge in [-0.15, -0.1) is 0 Å². The summed E-state index contributed by atoms with van der Waals surface area (Å²) in [7, 11) is 0. The highest BCUT2D eigenvalue weighted by atomic mass is 32.1. The summed E-state index contributed by atoms with van der Waals surface area (Å²) in [6, 6.07) is 0. The zero-order valence-corrected chi connectivity index (χ0v) is 9.41. The van der Waals surface area contributed by atoms with Crippen molar-refractivity contribution in [3.8, 4) is 0 Å². The maximum Gasteiger partial charge on any atom is 0.00987 e. The second-order valence-electron chi connectivity index (χ2n) is 4.53. The fourth-order valence-corrected chi connectivity index (χ4v) is 1.07. The second-order valence-corrected chi connectivity index (χ2v) is 5.68. The smallest absolute Gasteiger partial charge is 0.00987 e. The molecule has 68 valence electrons. The molecule has 1 atom stereocenters. The first-order chi connectivity index (χ1) is 4.84. The molecule has 0 aromatic carbocycles. The van der Waals surface area contributed by atoms with E-state index in [2.05, 4.69) is 47.2 Å². The Morgan fingerprint density at radius 1 is 1.09 bits per heavy atom. The lowest BCUT2D eigenvalue weighted by atomic mass is 9.90. The minimum absolute atomic E-state index is 0.189. The van der Waals surface area contributed by atoms with Gasteiger partial charge in [0.05, 0.1) is 0 Å². The molecule has 0 aliphatic carbocycles. The van der Waals surface area contributed by atoms with Gasteiger partial charge in [0.2, 0.25) is 0 Å². The Morgan fingerprint density at radius 2 is 1.55 bits per heavy atom. The molecular weight excluding hydrogens is 152 g/mol. The van der Waals surface area contributed by atoms with Crippen LogP contribution in [0.1, 0.15) is 47.5 Å². The summed E-state index contributed by atoms with van der Waals surface area (Å²) in [6.07, 6.45) is 2.62. The molecule has 0 aromatic heterocycles. The molecule has 0 aliphatic heterocycles. The maximum absolute atomic E-state index is 4.55. The van der Waals surface area contributed by atoms with Crippen molar-refractivity contribution in [1.29, 1.82) is 0 Å². The van der Waals surface area contributed by atoms with E-state index in [9.17, 15) is 0 Å². The third kappa shape index (κ3) is 5.60. The van der Waals surface area contributed by atoms with Crippen molar-refractivity contribution >= 4 is 12.6 Å². The number of thiol groups is 1. The number of hydrogen-bond donors (Lipinski definition) is 1. The van der Waals surface area contributed by atoms with Crippen LogP contribution in [0.2, 0.25) is 0 Å². The summed E-state index contributed by atoms with van der Waals surface area (Å²) in [5, 5.41) is 0. The molecule has 0 spiro atoms. The van der Waals surface area contributed by atoms with Gasteiger partial charge < -0.3 is 0 Å². The van der Waals surface area contributed by atoms with Crippen LogP contribution in [0, 0.1) is 11.8 Å². The molecule has 0 aromatic rings. The zero-order chi connectivity index (χ0) is 9.07. The lowest BCUT2D eigenvalue weighted by Gasteiger charge is -2.26. The Morgan fingerprint density at radius 3 is 1.82 bits per heavy atom. The third-order valence-corrected chi connectivity index (χ3v) is 2.82. The van der Waals surface area contributed by atoms with Gasteiger partial charge in [-0.1, -0.05) is 41.0 Å². The highest BCUT2D eigenvalue weighted by Crippen LogP contribution is 2.28. The Bertz CT molecular complexity index is 99.9. The van der Waals surface area contributed by atoms with Crippen LogP contribution in [0.4, 0.5) is 0 Å². The highest BCUT2D eigenvalue weighted by Gasteiger charge is 2.20. The molecule has 0 amide bonds. The van der Waals surface area contributed by atoms with Gasteiger partial charge in [-0.05, 0) is 18.3 Å². The lowest BCUT2D eigenvalue weighted by Crippen LogP contribution is -2.22. The van der Waals surface area contributed by atoms with E-state index in [1.165, 1.54) is 12.8 Å². The minimum atomic E-state index is 0.189. The first-order valence-electron chi connectivity index (χ1n) is 4.56. The quantitative estimate of drug-likeness (QED) is 0.616. The van der Waals surface area contributed by atoms with E-state index in [4.69, 9.17) is 0 Å². The molecule has 0 fully saturated rings. The molecule has 0 bridgehead atoms. The van der Waals surface area contributed by atoms with Crippen molar-refractivity contribution in [2.75, 3.05) is 0 Å². The van der Waals surface area contributed by atoms with Gasteiger partial charge in [0, 0.05) is 4.75 Å². The lowest BCUT2D eigenvalue weighted by molar-refractivity contribution is 0.389. The van der Waals surface area contributed by atoms with E-state index in [0.29, 0.717) is 5.92 Å². The van der Waals surface area contributed by atoms with E-state index in [0.717, 1.165) is 5.92 Å².